The van der Waals surface area contributed by atoms with E-state index in [1.807, 2.05) is 12.1 Å². The first-order chi connectivity index (χ1) is 16.8. The van der Waals surface area contributed by atoms with E-state index in [0.717, 1.165) is 0 Å². The molecule has 0 bridgehead atoms. The van der Waals surface area contributed by atoms with Crippen LogP contribution in [0.15, 0.2) is 60.7 Å². The van der Waals surface area contributed by atoms with Crippen LogP contribution in [0, 0.1) is 11.8 Å². The number of carbonyl (C=O) groups excluding carboxylic acids is 1. The second-order valence-electron chi connectivity index (χ2n) is 9.18. The molecule has 2 aromatic rings. The number of carbonyl (C=O) groups is 1. The van der Waals surface area contributed by atoms with E-state index in [4.69, 9.17) is 0 Å². The zero-order chi connectivity index (χ0) is 25.4. The Morgan fingerprint density at radius 3 is 1.86 bits per heavy atom. The SMILES string of the molecule is CCNC(=O)[C@H]1N[C@H](C(F)F)[C@@H](CCC(O)c2ccccc2)[C@@H](F)[C@@H]1CCC(O)c1ccccc1. The molecule has 192 valence electrons. The van der Waals surface area contributed by atoms with E-state index in [1.165, 1.54) is 0 Å². The van der Waals surface area contributed by atoms with Gasteiger partial charge in [-0.05, 0) is 43.7 Å². The van der Waals surface area contributed by atoms with Gasteiger partial charge in [0, 0.05) is 18.4 Å². The summed E-state index contributed by atoms with van der Waals surface area (Å²) in [7, 11) is 0. The number of alkyl halides is 3. The Balaban J connectivity index is 1.77. The van der Waals surface area contributed by atoms with Crippen molar-refractivity contribution in [2.45, 2.75) is 69.5 Å². The molecule has 1 aliphatic rings. The van der Waals surface area contributed by atoms with Gasteiger partial charge in [0.05, 0.1) is 24.3 Å². The molecule has 2 aromatic carbocycles. The van der Waals surface area contributed by atoms with Crippen molar-refractivity contribution in [1.82, 2.24) is 10.6 Å². The molecule has 0 spiro atoms. The second kappa shape index (κ2) is 13.0. The zero-order valence-corrected chi connectivity index (χ0v) is 19.9. The Morgan fingerprint density at radius 2 is 1.40 bits per heavy atom. The highest BCUT2D eigenvalue weighted by Gasteiger charge is 2.49. The Bertz CT molecular complexity index is 903. The molecule has 7 atom stereocenters. The smallest absolute Gasteiger partial charge is 0.254 e. The monoisotopic (exact) mass is 492 g/mol. The number of hydrogen-bond donors (Lipinski definition) is 4. The standard InChI is InChI=1S/C27H35F3N2O3/c1-2-31-27(35)25-20(14-16-22(34)18-11-7-4-8-12-18)23(28)19(24(32-25)26(29)30)13-15-21(33)17-9-5-3-6-10-17/h3-12,19-26,32-34H,2,13-16H2,1H3,(H,31,35)/t19-,20-,21?,22?,23+,24-,25-/m0/s1. The van der Waals surface area contributed by atoms with Crippen LogP contribution in [0.1, 0.15) is 55.9 Å². The number of benzene rings is 2. The van der Waals surface area contributed by atoms with Gasteiger partial charge in [0.25, 0.3) is 6.43 Å². The summed E-state index contributed by atoms with van der Waals surface area (Å²) in [6, 6.07) is 15.1. The predicted octanol–water partition coefficient (Wildman–Crippen LogP) is 4.33. The van der Waals surface area contributed by atoms with Gasteiger partial charge in [-0.2, -0.15) is 0 Å². The van der Waals surface area contributed by atoms with Crippen LogP contribution in [0.4, 0.5) is 13.2 Å². The fraction of sp³-hybridized carbons (Fsp3) is 0.519. The average molecular weight is 493 g/mol. The van der Waals surface area contributed by atoms with Crippen molar-refractivity contribution < 1.29 is 28.2 Å². The third-order valence-corrected chi connectivity index (χ3v) is 6.90. The largest absolute Gasteiger partial charge is 0.388 e. The third-order valence-electron chi connectivity index (χ3n) is 6.90. The fourth-order valence-electron chi connectivity index (χ4n) is 5.02. The summed E-state index contributed by atoms with van der Waals surface area (Å²) in [5.74, 6) is -2.51. The highest BCUT2D eigenvalue weighted by molar-refractivity contribution is 5.82. The molecule has 0 saturated carbocycles. The van der Waals surface area contributed by atoms with Crippen LogP contribution >= 0.6 is 0 Å². The predicted molar refractivity (Wildman–Crippen MR) is 129 cm³/mol. The summed E-state index contributed by atoms with van der Waals surface area (Å²) in [5, 5.41) is 26.4. The lowest BCUT2D eigenvalue weighted by molar-refractivity contribution is -0.130. The third kappa shape index (κ3) is 7.06. The summed E-state index contributed by atoms with van der Waals surface area (Å²) in [4.78, 5) is 12.7. The molecule has 2 unspecified atom stereocenters. The van der Waals surface area contributed by atoms with E-state index in [0.29, 0.717) is 17.7 Å². The molecule has 1 amide bonds. The molecule has 8 heteroatoms. The van der Waals surface area contributed by atoms with Crippen molar-refractivity contribution in [3.63, 3.8) is 0 Å². The molecule has 0 aromatic heterocycles. The number of nitrogens with one attached hydrogen (secondary N) is 2. The van der Waals surface area contributed by atoms with E-state index >= 15 is 4.39 Å². The molecule has 0 aliphatic carbocycles. The van der Waals surface area contributed by atoms with Crippen LogP contribution < -0.4 is 10.6 Å². The van der Waals surface area contributed by atoms with Gasteiger partial charge in [0.2, 0.25) is 5.91 Å². The lowest BCUT2D eigenvalue weighted by Gasteiger charge is -2.44. The minimum atomic E-state index is -2.88. The topological polar surface area (TPSA) is 81.6 Å². The normalized spacial score (nSPS) is 26.3. The quantitative estimate of drug-likeness (QED) is 0.377. The number of likely N-dealkylation sites (N-methyl/N-ethyl adjacent to an activating group) is 1. The number of aliphatic hydroxyl groups excluding tert-OH is 2. The molecule has 35 heavy (non-hydrogen) atoms. The van der Waals surface area contributed by atoms with Crippen molar-refractivity contribution in [2.24, 2.45) is 11.8 Å². The van der Waals surface area contributed by atoms with E-state index in [2.05, 4.69) is 10.6 Å². The van der Waals surface area contributed by atoms with Crippen molar-refractivity contribution in [2.75, 3.05) is 6.54 Å². The molecule has 5 nitrogen and oxygen atoms in total. The number of rotatable bonds is 11. The highest BCUT2D eigenvalue weighted by atomic mass is 19.3. The van der Waals surface area contributed by atoms with Gasteiger partial charge in [0.1, 0.15) is 6.17 Å². The maximum Gasteiger partial charge on any atom is 0.254 e. The fourth-order valence-corrected chi connectivity index (χ4v) is 5.02. The van der Waals surface area contributed by atoms with Crippen molar-refractivity contribution in [3.05, 3.63) is 71.8 Å². The number of halogens is 3. The van der Waals surface area contributed by atoms with E-state index in [1.54, 1.807) is 55.5 Å². The summed E-state index contributed by atoms with van der Waals surface area (Å²) >= 11 is 0. The van der Waals surface area contributed by atoms with Crippen molar-refractivity contribution in [3.8, 4) is 0 Å². The Hall–Kier alpha value is -2.42. The number of aliphatic hydroxyl groups is 2. The molecular formula is C27H35F3N2O3. The minimum Gasteiger partial charge on any atom is -0.388 e. The molecule has 1 fully saturated rings. The van der Waals surface area contributed by atoms with Gasteiger partial charge in [0.15, 0.2) is 0 Å². The van der Waals surface area contributed by atoms with Gasteiger partial charge in [-0.1, -0.05) is 60.7 Å². The number of piperidine rings is 1. The van der Waals surface area contributed by atoms with Gasteiger partial charge in [-0.15, -0.1) is 0 Å². The maximum atomic E-state index is 16.0. The zero-order valence-electron chi connectivity index (χ0n) is 19.9. The maximum absolute atomic E-state index is 16.0. The molecular weight excluding hydrogens is 457 g/mol. The van der Waals surface area contributed by atoms with Crippen LogP contribution in [0.5, 0.6) is 0 Å². The molecule has 3 rings (SSSR count). The van der Waals surface area contributed by atoms with E-state index in [-0.39, 0.29) is 25.7 Å². The molecule has 1 heterocycles. The lowest BCUT2D eigenvalue weighted by atomic mass is 9.73. The molecule has 4 N–H and O–H groups in total. The number of hydrogen-bond acceptors (Lipinski definition) is 4. The number of amides is 1. The summed E-state index contributed by atoms with van der Waals surface area (Å²) in [6.45, 7) is 2.00. The average Bonchev–Trinajstić information content (AvgIpc) is 2.87. The first-order valence-corrected chi connectivity index (χ1v) is 12.3. The van der Waals surface area contributed by atoms with Crippen LogP contribution in [0.3, 0.4) is 0 Å². The molecule has 1 saturated heterocycles. The van der Waals surface area contributed by atoms with Gasteiger partial charge in [-0.25, -0.2) is 13.2 Å². The highest BCUT2D eigenvalue weighted by Crippen LogP contribution is 2.39. The van der Waals surface area contributed by atoms with Gasteiger partial charge < -0.3 is 15.5 Å². The van der Waals surface area contributed by atoms with Crippen LogP contribution in [-0.2, 0) is 4.79 Å². The van der Waals surface area contributed by atoms with Crippen molar-refractivity contribution >= 4 is 5.91 Å². The summed E-state index contributed by atoms with van der Waals surface area (Å²) < 4.78 is 44.0. The second-order valence-corrected chi connectivity index (χ2v) is 9.18. The van der Waals surface area contributed by atoms with Crippen LogP contribution in [0.2, 0.25) is 0 Å². The first-order valence-electron chi connectivity index (χ1n) is 12.3. The molecule has 0 radical (unpaired) electrons. The Morgan fingerprint density at radius 1 is 0.914 bits per heavy atom. The van der Waals surface area contributed by atoms with Crippen LogP contribution in [-0.4, -0.2) is 47.3 Å². The Kier molecular flexibility index (Phi) is 10.1. The minimum absolute atomic E-state index is 0.0269. The van der Waals surface area contributed by atoms with E-state index in [9.17, 15) is 23.8 Å². The van der Waals surface area contributed by atoms with E-state index < -0.39 is 54.6 Å². The summed E-state index contributed by atoms with van der Waals surface area (Å²) in [5.41, 5.74) is 1.32. The van der Waals surface area contributed by atoms with Gasteiger partial charge >= 0.3 is 0 Å². The molecule has 1 aliphatic heterocycles. The summed E-state index contributed by atoms with van der Waals surface area (Å²) in [6.07, 6.45) is -5.87. The van der Waals surface area contributed by atoms with Crippen LogP contribution in [0.25, 0.3) is 0 Å². The lowest BCUT2D eigenvalue weighted by Crippen LogP contribution is -2.64. The first kappa shape index (κ1) is 27.2. The Labute approximate surface area is 204 Å². The van der Waals surface area contributed by atoms with Crippen molar-refractivity contribution in [1.29, 1.82) is 0 Å². The van der Waals surface area contributed by atoms with Gasteiger partial charge in [-0.3, -0.25) is 10.1 Å².